The molecule has 0 atom stereocenters. The zero-order chi connectivity index (χ0) is 5.28. The molecule has 0 aromatic heterocycles. The molecule has 0 saturated heterocycles. The summed E-state index contributed by atoms with van der Waals surface area (Å²) in [4.78, 5) is 0. The smallest absolute Gasteiger partial charge is 0.147 e. The molecule has 0 saturated carbocycles. The van der Waals surface area contributed by atoms with Crippen LogP contribution in [0.15, 0.2) is 21.6 Å². The Kier molecular flexibility index (Phi) is 14.1. The van der Waals surface area contributed by atoms with Gasteiger partial charge >= 0.3 is 55.4 Å². The normalized spacial score (nSPS) is 13.2. The number of allylic oxidation sites excluding steroid dienone is 4. The summed E-state index contributed by atoms with van der Waals surface area (Å²) in [7, 11) is 0. The van der Waals surface area contributed by atoms with Crippen LogP contribution in [-0.2, 0) is 20.4 Å². The topological polar surface area (TPSA) is 0 Å². The van der Waals surface area contributed by atoms with E-state index in [1.54, 1.807) is 0 Å². The Balaban J connectivity index is -0.000000163. The second kappa shape index (κ2) is 8.16. The molecule has 4 heteroatoms. The van der Waals surface area contributed by atoms with Crippen molar-refractivity contribution in [3.8, 4) is 0 Å². The third kappa shape index (κ3) is 4.82. The van der Waals surface area contributed by atoms with Crippen molar-refractivity contribution in [3.63, 3.8) is 0 Å². The first-order valence-electron chi connectivity index (χ1n) is 2.38. The summed E-state index contributed by atoms with van der Waals surface area (Å²) in [5, 5.41) is 0. The summed E-state index contributed by atoms with van der Waals surface area (Å²) in [5.41, 5.74) is 1.44. The number of rotatable bonds is 0. The summed E-state index contributed by atoms with van der Waals surface area (Å²) < 4.78 is 1.51. The predicted octanol–water partition coefficient (Wildman–Crippen LogP) is 3.03. The van der Waals surface area contributed by atoms with Crippen molar-refractivity contribution >= 4 is 37.2 Å². The summed E-state index contributed by atoms with van der Waals surface area (Å²) in [6, 6.07) is 0. The first kappa shape index (κ1) is 17.2. The molecule has 0 fully saturated rings. The van der Waals surface area contributed by atoms with Gasteiger partial charge in [0.1, 0.15) is 0 Å². The summed E-state index contributed by atoms with van der Waals surface area (Å²) >= 11 is 2.18. The molecular formula is C6H10Cl3Ti. The van der Waals surface area contributed by atoms with Crippen LogP contribution in [0.5, 0.6) is 0 Å². The minimum absolute atomic E-state index is 0. The zero-order valence-corrected chi connectivity index (χ0v) is 9.60. The molecule has 0 radical (unpaired) electrons. The van der Waals surface area contributed by atoms with Crippen molar-refractivity contribution in [2.45, 2.75) is 13.3 Å². The van der Waals surface area contributed by atoms with E-state index in [1.165, 1.54) is 15.9 Å². The van der Waals surface area contributed by atoms with Gasteiger partial charge in [0, 0.05) is 0 Å². The maximum absolute atomic E-state index is 2.20. The Bertz CT molecular complexity index is 140. The summed E-state index contributed by atoms with van der Waals surface area (Å²) in [6.45, 7) is 2.15. The van der Waals surface area contributed by atoms with Gasteiger partial charge in [0.25, 0.3) is 0 Å². The number of hydrogen-bond donors (Lipinski definition) is 0. The third-order valence-electron chi connectivity index (χ3n) is 1.17. The first-order valence-corrected chi connectivity index (χ1v) is 3.16. The van der Waals surface area contributed by atoms with Crippen molar-refractivity contribution in [1.29, 1.82) is 0 Å². The van der Waals surface area contributed by atoms with Crippen LogP contribution >= 0.6 is 37.2 Å². The van der Waals surface area contributed by atoms with E-state index in [-0.39, 0.29) is 37.2 Å². The SMILES string of the molecule is CC1=[C]([Ti])CC=C1.Cl.Cl.Cl. The van der Waals surface area contributed by atoms with E-state index in [0.717, 1.165) is 0 Å². The molecule has 0 unspecified atom stereocenters. The minimum atomic E-state index is 0. The van der Waals surface area contributed by atoms with E-state index < -0.39 is 0 Å². The second-order valence-electron chi connectivity index (χ2n) is 1.77. The van der Waals surface area contributed by atoms with E-state index in [0.29, 0.717) is 0 Å². The average Bonchev–Trinajstić information content (AvgIpc) is 1.91. The van der Waals surface area contributed by atoms with Crippen LogP contribution in [0, 0.1) is 0 Å². The van der Waals surface area contributed by atoms with Gasteiger partial charge in [-0.05, 0) is 0 Å². The number of halogens is 3. The molecule has 59 valence electrons. The number of hydrogen-bond acceptors (Lipinski definition) is 0. The quantitative estimate of drug-likeness (QED) is 0.567. The minimum Gasteiger partial charge on any atom is -0.147 e. The molecule has 1 aliphatic carbocycles. The second-order valence-corrected chi connectivity index (χ2v) is 2.71. The van der Waals surface area contributed by atoms with Crippen LogP contribution in [0.25, 0.3) is 0 Å². The third-order valence-corrected chi connectivity index (χ3v) is 2.10. The molecular weight excluding hydrogens is 226 g/mol. The fourth-order valence-electron chi connectivity index (χ4n) is 0.615. The average molecular weight is 236 g/mol. The first-order chi connectivity index (χ1) is 3.30. The largest absolute Gasteiger partial charge is 0.147 e. The Morgan fingerprint density at radius 1 is 1.30 bits per heavy atom. The summed E-state index contributed by atoms with van der Waals surface area (Å²) in [5.74, 6) is 0. The fraction of sp³-hybridized carbons (Fsp3) is 0.333. The van der Waals surface area contributed by atoms with E-state index in [9.17, 15) is 0 Å². The standard InChI is InChI=1S/C6H7.3ClH.Ti/c1-6-4-2-3-5-6;;;;/h2,4H,3H2,1H3;3*1H;. The fourth-order valence-corrected chi connectivity index (χ4v) is 0.929. The Labute approximate surface area is 92.2 Å². The maximum atomic E-state index is 2.20. The van der Waals surface area contributed by atoms with Crippen LogP contribution < -0.4 is 0 Å². The van der Waals surface area contributed by atoms with Crippen LogP contribution in [0.2, 0.25) is 0 Å². The Morgan fingerprint density at radius 3 is 1.90 bits per heavy atom. The molecule has 1 rings (SSSR count). The molecule has 0 aliphatic heterocycles. The van der Waals surface area contributed by atoms with Crippen molar-refractivity contribution in [1.82, 2.24) is 0 Å². The molecule has 0 bridgehead atoms. The van der Waals surface area contributed by atoms with E-state index in [2.05, 4.69) is 39.5 Å². The molecule has 0 aromatic carbocycles. The van der Waals surface area contributed by atoms with Gasteiger partial charge in [0.15, 0.2) is 0 Å². The Morgan fingerprint density at radius 2 is 1.80 bits per heavy atom. The van der Waals surface area contributed by atoms with Gasteiger partial charge < -0.3 is 0 Å². The van der Waals surface area contributed by atoms with Crippen LogP contribution in [0.4, 0.5) is 0 Å². The van der Waals surface area contributed by atoms with E-state index >= 15 is 0 Å². The van der Waals surface area contributed by atoms with E-state index in [1.807, 2.05) is 0 Å². The van der Waals surface area contributed by atoms with Crippen LogP contribution in [-0.4, -0.2) is 0 Å². The monoisotopic (exact) mass is 235 g/mol. The van der Waals surface area contributed by atoms with E-state index in [4.69, 9.17) is 0 Å². The van der Waals surface area contributed by atoms with Gasteiger partial charge in [0.05, 0.1) is 0 Å². The van der Waals surface area contributed by atoms with Crippen LogP contribution in [0.1, 0.15) is 13.3 Å². The molecule has 1 aliphatic rings. The molecule has 0 nitrogen and oxygen atoms in total. The molecule has 0 amide bonds. The van der Waals surface area contributed by atoms with Gasteiger partial charge in [-0.15, -0.1) is 37.2 Å². The van der Waals surface area contributed by atoms with Crippen molar-refractivity contribution < 1.29 is 20.4 Å². The van der Waals surface area contributed by atoms with Gasteiger partial charge in [-0.25, -0.2) is 0 Å². The molecule has 0 heterocycles. The molecule has 0 spiro atoms. The van der Waals surface area contributed by atoms with Crippen molar-refractivity contribution in [2.75, 3.05) is 0 Å². The van der Waals surface area contributed by atoms with Gasteiger partial charge in [0.2, 0.25) is 0 Å². The van der Waals surface area contributed by atoms with Gasteiger partial charge in [-0.1, -0.05) is 0 Å². The van der Waals surface area contributed by atoms with Crippen molar-refractivity contribution in [2.24, 2.45) is 0 Å². The molecule has 10 heavy (non-hydrogen) atoms. The van der Waals surface area contributed by atoms with Crippen LogP contribution in [0.3, 0.4) is 0 Å². The summed E-state index contributed by atoms with van der Waals surface area (Å²) in [6.07, 6.45) is 5.55. The molecule has 0 aromatic rings. The maximum Gasteiger partial charge on any atom is -0.147 e. The van der Waals surface area contributed by atoms with Gasteiger partial charge in [-0.2, -0.15) is 0 Å². The van der Waals surface area contributed by atoms with Gasteiger partial charge in [-0.3, -0.25) is 0 Å². The Hall–Kier alpha value is 1.06. The predicted molar refractivity (Wildman–Crippen MR) is 48.2 cm³/mol. The van der Waals surface area contributed by atoms with Crippen molar-refractivity contribution in [3.05, 3.63) is 21.6 Å². The molecule has 0 N–H and O–H groups in total. The zero-order valence-electron chi connectivity index (χ0n) is 5.59.